The lowest BCUT2D eigenvalue weighted by molar-refractivity contribution is 0.249. The Kier molecular flexibility index (Phi) is 5.15. The molecule has 0 bridgehead atoms. The number of halogens is 1. The van der Waals surface area contributed by atoms with E-state index in [2.05, 4.69) is 51.3 Å². The third-order valence-corrected chi connectivity index (χ3v) is 6.02. The molecule has 0 amide bonds. The molecule has 1 fully saturated rings. The average Bonchev–Trinajstić information content (AvgIpc) is 3.18. The summed E-state index contributed by atoms with van der Waals surface area (Å²) in [5.41, 5.74) is 5.13. The highest BCUT2D eigenvalue weighted by Gasteiger charge is 2.21. The first-order valence-corrected chi connectivity index (χ1v) is 10.7. The summed E-state index contributed by atoms with van der Waals surface area (Å²) in [6, 6.07) is 20.7. The maximum absolute atomic E-state index is 6.45. The molecule has 0 unspecified atom stereocenters. The molecule has 0 aliphatic carbocycles. The monoisotopic (exact) mass is 417 g/mol. The Morgan fingerprint density at radius 3 is 2.40 bits per heavy atom. The van der Waals surface area contributed by atoms with E-state index < -0.39 is 0 Å². The fourth-order valence-corrected chi connectivity index (χ4v) is 4.37. The predicted molar refractivity (Wildman–Crippen MR) is 122 cm³/mol. The van der Waals surface area contributed by atoms with E-state index in [1.54, 1.807) is 0 Å². The van der Waals surface area contributed by atoms with Crippen molar-refractivity contribution in [3.05, 3.63) is 83.1 Å². The molecule has 3 heterocycles. The van der Waals surface area contributed by atoms with E-state index in [1.807, 2.05) is 41.9 Å². The second kappa shape index (κ2) is 8.09. The van der Waals surface area contributed by atoms with Crippen molar-refractivity contribution in [2.75, 3.05) is 31.1 Å². The Morgan fingerprint density at radius 1 is 0.900 bits per heavy atom. The summed E-state index contributed by atoms with van der Waals surface area (Å²) in [4.78, 5) is 9.70. The third kappa shape index (κ3) is 3.66. The molecule has 0 saturated carbocycles. The van der Waals surface area contributed by atoms with Gasteiger partial charge in [-0.15, -0.1) is 0 Å². The van der Waals surface area contributed by atoms with Gasteiger partial charge in [-0.2, -0.15) is 9.61 Å². The van der Waals surface area contributed by atoms with Gasteiger partial charge < -0.3 is 4.90 Å². The van der Waals surface area contributed by atoms with E-state index in [1.165, 1.54) is 5.56 Å². The first kappa shape index (κ1) is 19.1. The van der Waals surface area contributed by atoms with E-state index in [4.69, 9.17) is 16.6 Å². The topological polar surface area (TPSA) is 36.7 Å². The zero-order chi connectivity index (χ0) is 20.5. The molecule has 30 heavy (non-hydrogen) atoms. The number of aryl methyl sites for hydroxylation is 1. The Bertz CT molecular complexity index is 1160. The van der Waals surface area contributed by atoms with Gasteiger partial charge in [0.05, 0.1) is 6.20 Å². The van der Waals surface area contributed by atoms with Crippen molar-refractivity contribution in [2.24, 2.45) is 0 Å². The van der Waals surface area contributed by atoms with Crippen LogP contribution in [0.15, 0.2) is 66.9 Å². The molecular weight excluding hydrogens is 394 g/mol. The molecule has 152 valence electrons. The lowest BCUT2D eigenvalue weighted by Gasteiger charge is -2.36. The van der Waals surface area contributed by atoms with Gasteiger partial charge in [-0.3, -0.25) is 4.90 Å². The number of benzene rings is 2. The van der Waals surface area contributed by atoms with E-state index in [0.29, 0.717) is 5.02 Å². The van der Waals surface area contributed by atoms with Crippen molar-refractivity contribution >= 4 is 23.1 Å². The standard InChI is InChI=1S/C24H24ClN5/c1-18-15-23(29-13-11-28(12-14-29)17-19-7-3-2-4-8-19)30-24(27-18)21(16-26-30)20-9-5-6-10-22(20)25/h2-10,15-16H,11-14,17H2,1H3. The number of fused-ring (bicyclic) bond motifs is 1. The highest BCUT2D eigenvalue weighted by molar-refractivity contribution is 6.33. The summed E-state index contributed by atoms with van der Waals surface area (Å²) in [6.45, 7) is 7.02. The second-order valence-electron chi connectivity index (χ2n) is 7.78. The number of rotatable bonds is 4. The third-order valence-electron chi connectivity index (χ3n) is 5.69. The van der Waals surface area contributed by atoms with Gasteiger partial charge in [0.2, 0.25) is 0 Å². The van der Waals surface area contributed by atoms with Gasteiger partial charge in [0.25, 0.3) is 0 Å². The van der Waals surface area contributed by atoms with Gasteiger partial charge in [0.15, 0.2) is 5.65 Å². The number of piperazine rings is 1. The lowest BCUT2D eigenvalue weighted by Crippen LogP contribution is -2.46. The Morgan fingerprint density at radius 2 is 1.63 bits per heavy atom. The molecule has 0 atom stereocenters. The normalized spacial score (nSPS) is 15.1. The fourth-order valence-electron chi connectivity index (χ4n) is 4.14. The quantitative estimate of drug-likeness (QED) is 0.483. The van der Waals surface area contributed by atoms with Gasteiger partial charge in [0, 0.05) is 60.6 Å². The molecule has 6 heteroatoms. The number of hydrogen-bond acceptors (Lipinski definition) is 4. The van der Waals surface area contributed by atoms with E-state index in [9.17, 15) is 0 Å². The summed E-state index contributed by atoms with van der Waals surface area (Å²) >= 11 is 6.45. The van der Waals surface area contributed by atoms with Gasteiger partial charge >= 0.3 is 0 Å². The van der Waals surface area contributed by atoms with Gasteiger partial charge in [-0.05, 0) is 18.6 Å². The molecular formula is C24H24ClN5. The summed E-state index contributed by atoms with van der Waals surface area (Å²) in [5.74, 6) is 1.09. The van der Waals surface area contributed by atoms with E-state index in [-0.39, 0.29) is 0 Å². The van der Waals surface area contributed by atoms with Crippen molar-refractivity contribution in [3.8, 4) is 11.1 Å². The van der Waals surface area contributed by atoms with E-state index >= 15 is 0 Å². The van der Waals surface area contributed by atoms with Gasteiger partial charge in [0.1, 0.15) is 5.82 Å². The van der Waals surface area contributed by atoms with Gasteiger partial charge in [-0.1, -0.05) is 60.1 Å². The Balaban J connectivity index is 1.41. The molecule has 0 N–H and O–H groups in total. The van der Waals surface area contributed by atoms with E-state index in [0.717, 1.165) is 61.0 Å². The largest absolute Gasteiger partial charge is 0.354 e. The van der Waals surface area contributed by atoms with Crippen LogP contribution in [0.25, 0.3) is 16.8 Å². The van der Waals surface area contributed by atoms with Crippen LogP contribution in [0.1, 0.15) is 11.3 Å². The van der Waals surface area contributed by atoms with Crippen LogP contribution < -0.4 is 4.90 Å². The van der Waals surface area contributed by atoms with Crippen LogP contribution in [-0.2, 0) is 6.54 Å². The maximum atomic E-state index is 6.45. The van der Waals surface area contributed by atoms with Crippen LogP contribution in [-0.4, -0.2) is 45.7 Å². The van der Waals surface area contributed by atoms with Crippen molar-refractivity contribution < 1.29 is 0 Å². The summed E-state index contributed by atoms with van der Waals surface area (Å²) < 4.78 is 1.96. The van der Waals surface area contributed by atoms with Gasteiger partial charge in [-0.25, -0.2) is 4.98 Å². The molecule has 5 rings (SSSR count). The predicted octanol–water partition coefficient (Wildman–Crippen LogP) is 4.68. The zero-order valence-electron chi connectivity index (χ0n) is 17.0. The Labute approximate surface area is 181 Å². The number of nitrogens with zero attached hydrogens (tertiary/aromatic N) is 5. The molecule has 2 aromatic heterocycles. The Hall–Kier alpha value is -2.89. The first-order chi connectivity index (χ1) is 14.7. The molecule has 1 saturated heterocycles. The highest BCUT2D eigenvalue weighted by Crippen LogP contribution is 2.32. The molecule has 2 aromatic carbocycles. The van der Waals surface area contributed by atoms with Crippen LogP contribution in [0.4, 0.5) is 5.82 Å². The minimum atomic E-state index is 0.715. The van der Waals surface area contributed by atoms with Crippen LogP contribution in [0, 0.1) is 6.92 Å². The molecule has 1 aliphatic rings. The molecule has 4 aromatic rings. The number of anilines is 1. The van der Waals surface area contributed by atoms with Crippen LogP contribution in [0.5, 0.6) is 0 Å². The van der Waals surface area contributed by atoms with Crippen LogP contribution in [0.3, 0.4) is 0 Å². The summed E-state index contributed by atoms with van der Waals surface area (Å²) in [7, 11) is 0. The van der Waals surface area contributed by atoms with Crippen molar-refractivity contribution in [3.63, 3.8) is 0 Å². The van der Waals surface area contributed by atoms with Crippen molar-refractivity contribution in [1.29, 1.82) is 0 Å². The van der Waals surface area contributed by atoms with Crippen molar-refractivity contribution in [2.45, 2.75) is 13.5 Å². The average molecular weight is 418 g/mol. The SMILES string of the molecule is Cc1cc(N2CCN(Cc3ccccc3)CC2)n2ncc(-c3ccccc3Cl)c2n1. The zero-order valence-corrected chi connectivity index (χ0v) is 17.8. The minimum absolute atomic E-state index is 0.715. The van der Waals surface area contributed by atoms with Crippen molar-refractivity contribution in [1.82, 2.24) is 19.5 Å². The lowest BCUT2D eigenvalue weighted by atomic mass is 10.1. The molecule has 0 radical (unpaired) electrons. The highest BCUT2D eigenvalue weighted by atomic mass is 35.5. The molecule has 1 aliphatic heterocycles. The summed E-state index contributed by atoms with van der Waals surface area (Å²) in [6.07, 6.45) is 1.87. The fraction of sp³-hybridized carbons (Fsp3) is 0.250. The molecule has 5 nitrogen and oxygen atoms in total. The second-order valence-corrected chi connectivity index (χ2v) is 8.19. The maximum Gasteiger partial charge on any atom is 0.165 e. The number of aromatic nitrogens is 3. The first-order valence-electron chi connectivity index (χ1n) is 10.3. The minimum Gasteiger partial charge on any atom is -0.354 e. The number of hydrogen-bond donors (Lipinski definition) is 0. The molecule has 0 spiro atoms. The smallest absolute Gasteiger partial charge is 0.165 e. The van der Waals surface area contributed by atoms with Crippen LogP contribution in [0.2, 0.25) is 5.02 Å². The van der Waals surface area contributed by atoms with Crippen LogP contribution >= 0.6 is 11.6 Å². The summed E-state index contributed by atoms with van der Waals surface area (Å²) in [5, 5.41) is 5.39.